The lowest BCUT2D eigenvalue weighted by Gasteiger charge is -2.12. The number of benzene rings is 2. The van der Waals surface area contributed by atoms with Crippen molar-refractivity contribution in [3.8, 4) is 0 Å². The average molecular weight is 347 g/mol. The van der Waals surface area contributed by atoms with Crippen LogP contribution in [0.25, 0.3) is 0 Å². The third-order valence-corrected chi connectivity index (χ3v) is 5.06. The lowest BCUT2D eigenvalue weighted by Crippen LogP contribution is -2.20. The Morgan fingerprint density at radius 2 is 1.50 bits per heavy atom. The van der Waals surface area contributed by atoms with E-state index in [4.69, 9.17) is 0 Å². The number of hydrogen-bond acceptors (Lipinski definition) is 4. The summed E-state index contributed by atoms with van der Waals surface area (Å²) in [6.07, 6.45) is 0.885. The van der Waals surface area contributed by atoms with Crippen LogP contribution in [-0.4, -0.2) is 40.5 Å². The van der Waals surface area contributed by atoms with Crippen molar-refractivity contribution in [2.45, 2.75) is 18.2 Å². The van der Waals surface area contributed by atoms with Gasteiger partial charge in [0.1, 0.15) is 0 Å². The first kappa shape index (κ1) is 18.3. The molecule has 0 spiro atoms. The van der Waals surface area contributed by atoms with Crippen molar-refractivity contribution < 1.29 is 8.42 Å². The highest BCUT2D eigenvalue weighted by molar-refractivity contribution is 7.92. The van der Waals surface area contributed by atoms with E-state index in [1.807, 2.05) is 45.3 Å². The minimum Gasteiger partial charge on any atom is -0.384 e. The maximum absolute atomic E-state index is 12.4. The Morgan fingerprint density at radius 1 is 0.917 bits per heavy atom. The largest absolute Gasteiger partial charge is 0.384 e. The molecule has 2 rings (SSSR count). The van der Waals surface area contributed by atoms with Gasteiger partial charge in [-0.3, -0.25) is 4.72 Å². The van der Waals surface area contributed by atoms with Gasteiger partial charge in [0.2, 0.25) is 0 Å². The SMILES string of the molecule is CCc1ccc(S(=O)(=O)Nc2ccc(NCCN(C)C)cc2)cc1. The van der Waals surface area contributed by atoms with Crippen LogP contribution in [0.15, 0.2) is 53.4 Å². The van der Waals surface area contributed by atoms with E-state index in [9.17, 15) is 8.42 Å². The number of aryl methyl sites for hydroxylation is 1. The first-order chi connectivity index (χ1) is 11.4. The fraction of sp³-hybridized carbons (Fsp3) is 0.333. The quantitative estimate of drug-likeness (QED) is 0.770. The summed E-state index contributed by atoms with van der Waals surface area (Å²) in [5.41, 5.74) is 2.63. The lowest BCUT2D eigenvalue weighted by molar-refractivity contribution is 0.425. The van der Waals surface area contributed by atoms with Crippen LogP contribution >= 0.6 is 0 Å². The zero-order valence-corrected chi connectivity index (χ0v) is 15.2. The van der Waals surface area contributed by atoms with Crippen LogP contribution in [0.3, 0.4) is 0 Å². The van der Waals surface area contributed by atoms with E-state index >= 15 is 0 Å². The number of anilines is 2. The Labute approximate surface area is 144 Å². The molecule has 0 saturated carbocycles. The summed E-state index contributed by atoms with van der Waals surface area (Å²) < 4.78 is 27.4. The zero-order valence-electron chi connectivity index (χ0n) is 14.4. The topological polar surface area (TPSA) is 61.4 Å². The minimum absolute atomic E-state index is 0.271. The number of hydrogen-bond donors (Lipinski definition) is 2. The Morgan fingerprint density at radius 3 is 2.04 bits per heavy atom. The van der Waals surface area contributed by atoms with Crippen LogP contribution in [0, 0.1) is 0 Å². The molecule has 0 unspecified atom stereocenters. The van der Waals surface area contributed by atoms with Crippen LogP contribution in [0.4, 0.5) is 11.4 Å². The third kappa shape index (κ3) is 5.25. The Balaban J connectivity index is 2.01. The van der Waals surface area contributed by atoms with Crippen molar-refractivity contribution in [1.82, 2.24) is 4.90 Å². The molecule has 2 aromatic rings. The summed E-state index contributed by atoms with van der Waals surface area (Å²) in [7, 11) is 0.484. The van der Waals surface area contributed by atoms with Gasteiger partial charge in [0, 0.05) is 24.5 Å². The molecule has 24 heavy (non-hydrogen) atoms. The van der Waals surface area contributed by atoms with Gasteiger partial charge in [-0.15, -0.1) is 0 Å². The molecule has 0 atom stereocenters. The normalized spacial score (nSPS) is 11.5. The molecule has 5 nitrogen and oxygen atoms in total. The van der Waals surface area contributed by atoms with E-state index in [0.29, 0.717) is 5.69 Å². The van der Waals surface area contributed by atoms with E-state index in [-0.39, 0.29) is 4.90 Å². The molecule has 0 heterocycles. The van der Waals surface area contributed by atoms with Crippen molar-refractivity contribution in [2.24, 2.45) is 0 Å². The molecule has 0 saturated heterocycles. The average Bonchev–Trinajstić information content (AvgIpc) is 2.56. The van der Waals surface area contributed by atoms with E-state index < -0.39 is 10.0 Å². The van der Waals surface area contributed by atoms with E-state index in [0.717, 1.165) is 30.8 Å². The standard InChI is InChI=1S/C18H25N3O2S/c1-4-15-5-11-18(12-6-15)24(22,23)20-17-9-7-16(8-10-17)19-13-14-21(2)3/h5-12,19-20H,4,13-14H2,1-3H3. The molecule has 0 bridgehead atoms. The van der Waals surface area contributed by atoms with Crippen molar-refractivity contribution in [3.05, 3.63) is 54.1 Å². The predicted molar refractivity (Wildman–Crippen MR) is 100 cm³/mol. The maximum atomic E-state index is 12.4. The monoisotopic (exact) mass is 347 g/mol. The van der Waals surface area contributed by atoms with Gasteiger partial charge in [-0.25, -0.2) is 8.42 Å². The Hall–Kier alpha value is -2.05. The number of nitrogens with zero attached hydrogens (tertiary/aromatic N) is 1. The summed E-state index contributed by atoms with van der Waals surface area (Å²) >= 11 is 0. The molecule has 0 aliphatic heterocycles. The second kappa shape index (κ2) is 8.17. The molecule has 2 aromatic carbocycles. The van der Waals surface area contributed by atoms with Gasteiger partial charge >= 0.3 is 0 Å². The zero-order chi connectivity index (χ0) is 17.6. The first-order valence-electron chi connectivity index (χ1n) is 8.01. The molecule has 2 N–H and O–H groups in total. The van der Waals surface area contributed by atoms with Crippen molar-refractivity contribution >= 4 is 21.4 Å². The third-order valence-electron chi connectivity index (χ3n) is 3.67. The maximum Gasteiger partial charge on any atom is 0.261 e. The van der Waals surface area contributed by atoms with Crippen molar-refractivity contribution in [3.63, 3.8) is 0 Å². The summed E-state index contributed by atoms with van der Waals surface area (Å²) in [5.74, 6) is 0. The van der Waals surface area contributed by atoms with Gasteiger partial charge in [-0.05, 0) is 62.5 Å². The van der Waals surface area contributed by atoms with Crippen LogP contribution in [0.5, 0.6) is 0 Å². The molecule has 0 radical (unpaired) electrons. The van der Waals surface area contributed by atoms with Gasteiger partial charge in [-0.2, -0.15) is 0 Å². The number of rotatable bonds is 8. The molecule has 0 amide bonds. The van der Waals surface area contributed by atoms with Gasteiger partial charge in [-0.1, -0.05) is 19.1 Å². The number of nitrogens with one attached hydrogen (secondary N) is 2. The molecule has 130 valence electrons. The fourth-order valence-electron chi connectivity index (χ4n) is 2.20. The van der Waals surface area contributed by atoms with Gasteiger partial charge in [0.25, 0.3) is 10.0 Å². The summed E-state index contributed by atoms with van der Waals surface area (Å²) in [5, 5.41) is 3.29. The van der Waals surface area contributed by atoms with Gasteiger partial charge < -0.3 is 10.2 Å². The molecule has 0 aliphatic rings. The fourth-order valence-corrected chi connectivity index (χ4v) is 3.26. The second-order valence-corrected chi connectivity index (χ2v) is 7.59. The Kier molecular flexibility index (Phi) is 6.23. The molecular weight excluding hydrogens is 322 g/mol. The van der Waals surface area contributed by atoms with Crippen molar-refractivity contribution in [2.75, 3.05) is 37.2 Å². The van der Waals surface area contributed by atoms with Crippen LogP contribution < -0.4 is 10.0 Å². The van der Waals surface area contributed by atoms with Gasteiger partial charge in [0.05, 0.1) is 4.90 Å². The number of likely N-dealkylation sites (N-methyl/N-ethyl adjacent to an activating group) is 1. The summed E-state index contributed by atoms with van der Waals surface area (Å²) in [4.78, 5) is 2.37. The molecule has 6 heteroatoms. The molecule has 0 aromatic heterocycles. The minimum atomic E-state index is -3.56. The summed E-state index contributed by atoms with van der Waals surface area (Å²) in [6, 6.07) is 14.2. The van der Waals surface area contributed by atoms with Crippen LogP contribution in [-0.2, 0) is 16.4 Å². The molecule has 0 aliphatic carbocycles. The second-order valence-electron chi connectivity index (χ2n) is 5.91. The van der Waals surface area contributed by atoms with Crippen molar-refractivity contribution in [1.29, 1.82) is 0 Å². The van der Waals surface area contributed by atoms with Gasteiger partial charge in [0.15, 0.2) is 0 Å². The van der Waals surface area contributed by atoms with E-state index in [2.05, 4.69) is 14.9 Å². The highest BCUT2D eigenvalue weighted by atomic mass is 32.2. The Bertz CT molecular complexity index is 739. The van der Waals surface area contributed by atoms with Crippen LogP contribution in [0.2, 0.25) is 0 Å². The number of sulfonamides is 1. The lowest BCUT2D eigenvalue weighted by atomic mass is 10.2. The highest BCUT2D eigenvalue weighted by Gasteiger charge is 2.13. The summed E-state index contributed by atoms with van der Waals surface area (Å²) in [6.45, 7) is 3.81. The predicted octanol–water partition coefficient (Wildman–Crippen LogP) is 3.02. The van der Waals surface area contributed by atoms with Crippen LogP contribution in [0.1, 0.15) is 12.5 Å². The van der Waals surface area contributed by atoms with E-state index in [1.165, 1.54) is 0 Å². The molecule has 0 fully saturated rings. The first-order valence-corrected chi connectivity index (χ1v) is 9.49. The molecular formula is C18H25N3O2S. The smallest absolute Gasteiger partial charge is 0.261 e. The van der Waals surface area contributed by atoms with E-state index in [1.54, 1.807) is 24.3 Å². The highest BCUT2D eigenvalue weighted by Crippen LogP contribution is 2.19.